The molecule has 0 bridgehead atoms. The molecule has 0 saturated heterocycles. The van der Waals surface area contributed by atoms with Crippen molar-refractivity contribution in [3.05, 3.63) is 94.6 Å². The van der Waals surface area contributed by atoms with Crippen LogP contribution in [0, 0.1) is 13.8 Å². The largest absolute Gasteiger partial charge is 0.472 e. The molecule has 0 atom stereocenters. The molecule has 0 saturated carbocycles. The SMILES string of the molecule is CCc1ccc(C)nc1OCc1c(Oc2cccnc2)cc(-c2c(CC)cccc2CC)nc1C. The summed E-state index contributed by atoms with van der Waals surface area (Å²) < 4.78 is 12.6. The monoisotopic (exact) mass is 467 g/mol. The number of hydrogen-bond acceptors (Lipinski definition) is 5. The highest BCUT2D eigenvalue weighted by Gasteiger charge is 2.18. The maximum atomic E-state index is 6.37. The van der Waals surface area contributed by atoms with Gasteiger partial charge in [-0.3, -0.25) is 9.97 Å². The Labute approximate surface area is 208 Å². The Kier molecular flexibility index (Phi) is 7.76. The molecule has 0 spiro atoms. The number of ether oxygens (including phenoxy) is 2. The summed E-state index contributed by atoms with van der Waals surface area (Å²) in [5, 5.41) is 0. The Morgan fingerprint density at radius 2 is 1.54 bits per heavy atom. The van der Waals surface area contributed by atoms with Crippen LogP contribution in [0.1, 0.15) is 54.4 Å². The second kappa shape index (κ2) is 11.1. The molecule has 3 heterocycles. The summed E-state index contributed by atoms with van der Waals surface area (Å²) >= 11 is 0. The van der Waals surface area contributed by atoms with Crippen molar-refractivity contribution < 1.29 is 9.47 Å². The van der Waals surface area contributed by atoms with Crippen LogP contribution in [0.25, 0.3) is 11.3 Å². The normalized spacial score (nSPS) is 10.9. The molecular weight excluding hydrogens is 434 g/mol. The number of benzene rings is 1. The van der Waals surface area contributed by atoms with Crippen molar-refractivity contribution in [2.24, 2.45) is 0 Å². The van der Waals surface area contributed by atoms with E-state index in [1.807, 2.05) is 38.1 Å². The van der Waals surface area contributed by atoms with E-state index in [0.29, 0.717) is 18.2 Å². The molecule has 4 aromatic rings. The van der Waals surface area contributed by atoms with E-state index in [0.717, 1.165) is 53.2 Å². The van der Waals surface area contributed by atoms with Gasteiger partial charge >= 0.3 is 0 Å². The van der Waals surface area contributed by atoms with E-state index in [-0.39, 0.29) is 0 Å². The molecule has 4 rings (SSSR count). The van der Waals surface area contributed by atoms with Gasteiger partial charge < -0.3 is 9.47 Å². The van der Waals surface area contributed by atoms with E-state index >= 15 is 0 Å². The van der Waals surface area contributed by atoms with E-state index < -0.39 is 0 Å². The molecule has 5 nitrogen and oxygen atoms in total. The van der Waals surface area contributed by atoms with E-state index in [2.05, 4.69) is 55.0 Å². The van der Waals surface area contributed by atoms with Gasteiger partial charge in [0.2, 0.25) is 5.88 Å². The second-order valence-electron chi connectivity index (χ2n) is 8.58. The number of hydrogen-bond donors (Lipinski definition) is 0. The first-order chi connectivity index (χ1) is 17.0. The van der Waals surface area contributed by atoms with Crippen molar-refractivity contribution >= 4 is 0 Å². The van der Waals surface area contributed by atoms with Crippen LogP contribution >= 0.6 is 0 Å². The first-order valence-electron chi connectivity index (χ1n) is 12.3. The van der Waals surface area contributed by atoms with Crippen LogP contribution in [0.3, 0.4) is 0 Å². The highest BCUT2D eigenvalue weighted by Crippen LogP contribution is 2.35. The number of nitrogens with zero attached hydrogens (tertiary/aromatic N) is 3. The summed E-state index contributed by atoms with van der Waals surface area (Å²) in [7, 11) is 0. The lowest BCUT2D eigenvalue weighted by Crippen LogP contribution is -2.07. The van der Waals surface area contributed by atoms with Gasteiger partial charge in [0.05, 0.1) is 17.5 Å². The molecule has 0 radical (unpaired) electrons. The van der Waals surface area contributed by atoms with Crippen LogP contribution in [0.5, 0.6) is 17.4 Å². The third-order valence-electron chi connectivity index (χ3n) is 6.22. The average Bonchev–Trinajstić information content (AvgIpc) is 2.88. The average molecular weight is 468 g/mol. The predicted octanol–water partition coefficient (Wildman–Crippen LogP) is 7.21. The molecule has 0 aliphatic heterocycles. The smallest absolute Gasteiger partial charge is 0.217 e. The van der Waals surface area contributed by atoms with Gasteiger partial charge in [0.25, 0.3) is 0 Å². The highest BCUT2D eigenvalue weighted by molar-refractivity contribution is 5.70. The fraction of sp³-hybridized carbons (Fsp3) is 0.300. The summed E-state index contributed by atoms with van der Waals surface area (Å²) in [5.41, 5.74) is 8.46. The van der Waals surface area contributed by atoms with Crippen molar-refractivity contribution in [2.75, 3.05) is 0 Å². The van der Waals surface area contributed by atoms with Crippen LogP contribution in [0.15, 0.2) is 60.9 Å². The van der Waals surface area contributed by atoms with Gasteiger partial charge in [0.1, 0.15) is 18.1 Å². The van der Waals surface area contributed by atoms with E-state index in [4.69, 9.17) is 14.5 Å². The van der Waals surface area contributed by atoms with Gasteiger partial charge in [0.15, 0.2) is 0 Å². The Hall–Kier alpha value is -3.73. The summed E-state index contributed by atoms with van der Waals surface area (Å²) in [6, 6.07) is 16.4. The number of rotatable bonds is 9. The zero-order valence-corrected chi connectivity index (χ0v) is 21.3. The Morgan fingerprint density at radius 3 is 2.20 bits per heavy atom. The molecule has 0 N–H and O–H groups in total. The zero-order valence-electron chi connectivity index (χ0n) is 21.3. The Balaban J connectivity index is 1.79. The van der Waals surface area contributed by atoms with Crippen molar-refractivity contribution in [1.29, 1.82) is 0 Å². The fourth-order valence-corrected chi connectivity index (χ4v) is 4.27. The number of aromatic nitrogens is 3. The quantitative estimate of drug-likeness (QED) is 0.260. The fourth-order valence-electron chi connectivity index (χ4n) is 4.27. The van der Waals surface area contributed by atoms with Gasteiger partial charge in [-0.05, 0) is 62.4 Å². The van der Waals surface area contributed by atoms with Crippen LogP contribution in [0.2, 0.25) is 0 Å². The number of aryl methyl sites for hydroxylation is 5. The third-order valence-corrected chi connectivity index (χ3v) is 6.22. The van der Waals surface area contributed by atoms with Gasteiger partial charge in [-0.25, -0.2) is 4.98 Å². The van der Waals surface area contributed by atoms with Gasteiger partial charge in [0, 0.05) is 34.8 Å². The second-order valence-corrected chi connectivity index (χ2v) is 8.58. The minimum atomic E-state index is 0.314. The molecule has 0 fully saturated rings. The minimum absolute atomic E-state index is 0.314. The topological polar surface area (TPSA) is 57.1 Å². The maximum absolute atomic E-state index is 6.37. The summed E-state index contributed by atoms with van der Waals surface area (Å²) in [4.78, 5) is 13.9. The Morgan fingerprint density at radius 1 is 0.800 bits per heavy atom. The molecule has 180 valence electrons. The zero-order chi connectivity index (χ0) is 24.8. The first-order valence-corrected chi connectivity index (χ1v) is 12.3. The van der Waals surface area contributed by atoms with E-state index in [9.17, 15) is 0 Å². The van der Waals surface area contributed by atoms with Crippen molar-refractivity contribution in [3.8, 4) is 28.6 Å². The van der Waals surface area contributed by atoms with Crippen LogP contribution in [-0.2, 0) is 25.9 Å². The standard InChI is InChI=1S/C30H33N3O2/c1-6-22-11-9-12-23(7-2)29(22)27-17-28(35-25-13-10-16-31-18-25)26(21(5)33-27)19-34-30-24(8-3)15-14-20(4)32-30/h9-18H,6-8,19H2,1-5H3. The van der Waals surface area contributed by atoms with E-state index in [1.54, 1.807) is 12.4 Å². The summed E-state index contributed by atoms with van der Waals surface area (Å²) in [6.45, 7) is 10.8. The Bertz CT molecular complexity index is 1280. The lowest BCUT2D eigenvalue weighted by atomic mass is 9.94. The molecule has 0 aliphatic rings. The maximum Gasteiger partial charge on any atom is 0.217 e. The van der Waals surface area contributed by atoms with Crippen molar-refractivity contribution in [2.45, 2.75) is 60.5 Å². The lowest BCUT2D eigenvalue weighted by molar-refractivity contribution is 0.283. The first kappa shape index (κ1) is 24.4. The van der Waals surface area contributed by atoms with E-state index in [1.165, 1.54) is 16.7 Å². The van der Waals surface area contributed by atoms with Crippen LogP contribution < -0.4 is 9.47 Å². The minimum Gasteiger partial charge on any atom is -0.472 e. The molecular formula is C30H33N3O2. The molecule has 35 heavy (non-hydrogen) atoms. The molecule has 0 unspecified atom stereocenters. The summed E-state index contributed by atoms with van der Waals surface area (Å²) in [6.07, 6.45) is 6.18. The van der Waals surface area contributed by atoms with Gasteiger partial charge in [-0.1, -0.05) is 45.0 Å². The number of pyridine rings is 3. The van der Waals surface area contributed by atoms with Crippen molar-refractivity contribution in [1.82, 2.24) is 15.0 Å². The third kappa shape index (κ3) is 5.51. The van der Waals surface area contributed by atoms with Crippen LogP contribution in [0.4, 0.5) is 0 Å². The molecule has 5 heteroatoms. The highest BCUT2D eigenvalue weighted by atomic mass is 16.5. The van der Waals surface area contributed by atoms with Gasteiger partial charge in [-0.2, -0.15) is 0 Å². The lowest BCUT2D eigenvalue weighted by Gasteiger charge is -2.19. The molecule has 0 aliphatic carbocycles. The van der Waals surface area contributed by atoms with Crippen LogP contribution in [-0.4, -0.2) is 15.0 Å². The molecule has 0 amide bonds. The molecule has 3 aromatic heterocycles. The predicted molar refractivity (Wildman–Crippen MR) is 140 cm³/mol. The van der Waals surface area contributed by atoms with Gasteiger partial charge in [-0.15, -0.1) is 0 Å². The van der Waals surface area contributed by atoms with Crippen molar-refractivity contribution in [3.63, 3.8) is 0 Å². The molecule has 1 aromatic carbocycles. The summed E-state index contributed by atoms with van der Waals surface area (Å²) in [5.74, 6) is 2.06.